The summed E-state index contributed by atoms with van der Waals surface area (Å²) in [5.74, 6) is 0. The van der Waals surface area contributed by atoms with Gasteiger partial charge in [0.1, 0.15) is 0 Å². The minimum Gasteiger partial charge on any atom is -0.310 e. The summed E-state index contributed by atoms with van der Waals surface area (Å²) < 4.78 is 0. The number of rotatable bonds is 6. The fraction of sp³-hybridized carbons (Fsp3) is 0.158. The lowest BCUT2D eigenvalue weighted by Gasteiger charge is -2.36. The van der Waals surface area contributed by atoms with Gasteiger partial charge in [-0.05, 0) is 147 Å². The summed E-state index contributed by atoms with van der Waals surface area (Å²) >= 11 is 0. The molecule has 8 aromatic rings. The van der Waals surface area contributed by atoms with Crippen LogP contribution in [0.1, 0.15) is 76.8 Å². The number of benzene rings is 8. The lowest BCUT2D eigenvalue weighted by molar-refractivity contribution is 0.660. The Morgan fingerprint density at radius 1 is 0.431 bits per heavy atom. The van der Waals surface area contributed by atoms with E-state index in [0.29, 0.717) is 0 Å². The zero-order valence-corrected chi connectivity index (χ0v) is 33.6. The number of para-hydroxylation sites is 1. The molecule has 0 saturated heterocycles. The smallest absolute Gasteiger partial charge is 0.0714 e. The highest BCUT2D eigenvalue weighted by molar-refractivity contribution is 5.98. The molecule has 0 unspecified atom stereocenters. The van der Waals surface area contributed by atoms with E-state index in [9.17, 15) is 0 Å². The number of aryl methyl sites for hydroxylation is 2. The minimum absolute atomic E-state index is 0.127. The van der Waals surface area contributed by atoms with Crippen LogP contribution in [0.5, 0.6) is 0 Å². The third-order valence-corrected chi connectivity index (χ3v) is 13.7. The van der Waals surface area contributed by atoms with Crippen LogP contribution in [-0.4, -0.2) is 0 Å². The van der Waals surface area contributed by atoms with Gasteiger partial charge in [0.2, 0.25) is 0 Å². The van der Waals surface area contributed by atoms with Crippen LogP contribution in [0.4, 0.5) is 17.1 Å². The molecule has 0 bridgehead atoms. The quantitative estimate of drug-likeness (QED) is 0.164. The van der Waals surface area contributed by atoms with Gasteiger partial charge in [-0.3, -0.25) is 0 Å². The monoisotopic (exact) mass is 745 g/mol. The molecular weight excluding hydrogens is 699 g/mol. The highest BCUT2D eigenvalue weighted by atomic mass is 15.1. The van der Waals surface area contributed by atoms with Gasteiger partial charge in [-0.2, -0.15) is 0 Å². The third kappa shape index (κ3) is 5.02. The van der Waals surface area contributed by atoms with Gasteiger partial charge in [-0.15, -0.1) is 0 Å². The van der Waals surface area contributed by atoms with E-state index >= 15 is 0 Å². The predicted octanol–water partition coefficient (Wildman–Crippen LogP) is 14.7. The number of fused-ring (bicyclic) bond motifs is 7. The summed E-state index contributed by atoms with van der Waals surface area (Å²) in [6, 6.07) is 68.9. The normalized spacial score (nSPS) is 15.2. The van der Waals surface area contributed by atoms with Crippen molar-refractivity contribution in [1.29, 1.82) is 0 Å². The molecule has 11 rings (SSSR count). The largest absolute Gasteiger partial charge is 0.310 e. The van der Waals surface area contributed by atoms with Crippen molar-refractivity contribution in [3.8, 4) is 33.4 Å². The first-order valence-electron chi connectivity index (χ1n) is 21.1. The van der Waals surface area contributed by atoms with Crippen LogP contribution < -0.4 is 4.90 Å². The SMILES string of the molecule is Cc1ccc2c(c1-c1cc3c(cc1N(c1ccccc1)c1ccc4c(c1)C(C)(C)c1ccccc1-4)C(c1ccccc1)(c1ccccc1)c1ccccc1-3)CCCC2. The zero-order chi connectivity index (χ0) is 39.0. The molecule has 0 N–H and O–H groups in total. The number of nitrogens with zero attached hydrogens (tertiary/aromatic N) is 1. The third-order valence-electron chi connectivity index (χ3n) is 13.7. The molecule has 1 nitrogen and oxygen atoms in total. The molecule has 0 heterocycles. The molecule has 58 heavy (non-hydrogen) atoms. The average molecular weight is 746 g/mol. The van der Waals surface area contributed by atoms with Gasteiger partial charge in [0.05, 0.1) is 11.1 Å². The Kier molecular flexibility index (Phi) is 7.99. The van der Waals surface area contributed by atoms with Crippen molar-refractivity contribution in [3.05, 3.63) is 232 Å². The van der Waals surface area contributed by atoms with E-state index in [1.165, 1.54) is 108 Å². The first-order chi connectivity index (χ1) is 28.5. The van der Waals surface area contributed by atoms with Crippen LogP contribution in [0.2, 0.25) is 0 Å². The molecule has 3 aliphatic rings. The Labute approximate surface area is 343 Å². The maximum atomic E-state index is 2.59. The van der Waals surface area contributed by atoms with E-state index in [1.807, 2.05) is 0 Å². The molecule has 0 aliphatic heterocycles. The summed E-state index contributed by atoms with van der Waals surface area (Å²) in [5, 5.41) is 0. The van der Waals surface area contributed by atoms with Crippen molar-refractivity contribution < 1.29 is 0 Å². The lowest BCUT2D eigenvalue weighted by Crippen LogP contribution is -2.29. The summed E-state index contributed by atoms with van der Waals surface area (Å²) in [6.45, 7) is 7.11. The molecule has 0 saturated carbocycles. The standard InChI is InChI=1S/C57H47N/c1-38-31-32-39-19-13-14-26-44(39)55(38)49-36-48-46-28-16-18-30-51(46)57(40-20-7-4-8-21-40,41-22-9-5-10-23-41)53(48)37-54(49)58(42-24-11-6-12-25-42)43-33-34-47-45-27-15-17-29-50(45)56(2,3)52(47)35-43/h4-12,15-18,20-25,27-37H,13-14,19,26H2,1-3H3. The van der Waals surface area contributed by atoms with Crippen molar-refractivity contribution in [2.45, 2.75) is 57.3 Å². The highest BCUT2D eigenvalue weighted by Gasteiger charge is 2.47. The fourth-order valence-corrected chi connectivity index (χ4v) is 11.0. The highest BCUT2D eigenvalue weighted by Crippen LogP contribution is 2.60. The molecule has 0 amide bonds. The van der Waals surface area contributed by atoms with E-state index in [2.05, 4.69) is 208 Å². The Balaban J connectivity index is 1.27. The number of hydrogen-bond donors (Lipinski definition) is 0. The Morgan fingerprint density at radius 3 is 1.72 bits per heavy atom. The maximum Gasteiger partial charge on any atom is 0.0714 e. The molecular formula is C57H47N. The predicted molar refractivity (Wildman–Crippen MR) is 243 cm³/mol. The Bertz CT molecular complexity index is 2830. The molecule has 1 heteroatoms. The second-order valence-corrected chi connectivity index (χ2v) is 17.1. The van der Waals surface area contributed by atoms with Crippen LogP contribution in [0.15, 0.2) is 182 Å². The van der Waals surface area contributed by atoms with Crippen molar-refractivity contribution in [1.82, 2.24) is 0 Å². The van der Waals surface area contributed by atoms with Crippen LogP contribution in [0.25, 0.3) is 33.4 Å². The number of hydrogen-bond acceptors (Lipinski definition) is 1. The van der Waals surface area contributed by atoms with Crippen LogP contribution >= 0.6 is 0 Å². The molecule has 280 valence electrons. The summed E-state index contributed by atoms with van der Waals surface area (Å²) in [5.41, 5.74) is 23.3. The van der Waals surface area contributed by atoms with Gasteiger partial charge in [-0.25, -0.2) is 0 Å². The molecule has 0 spiro atoms. The Hall–Kier alpha value is -6.44. The van der Waals surface area contributed by atoms with Gasteiger partial charge >= 0.3 is 0 Å². The van der Waals surface area contributed by atoms with E-state index in [1.54, 1.807) is 0 Å². The van der Waals surface area contributed by atoms with E-state index < -0.39 is 5.41 Å². The van der Waals surface area contributed by atoms with Crippen LogP contribution in [0.3, 0.4) is 0 Å². The molecule has 8 aromatic carbocycles. The van der Waals surface area contributed by atoms with Gasteiger partial charge < -0.3 is 4.90 Å². The second kappa shape index (κ2) is 13.3. The molecule has 0 aromatic heterocycles. The minimum atomic E-state index is -0.517. The fourth-order valence-electron chi connectivity index (χ4n) is 11.0. The molecule has 3 aliphatic carbocycles. The lowest BCUT2D eigenvalue weighted by atomic mass is 9.67. The molecule has 0 fully saturated rings. The first-order valence-corrected chi connectivity index (χ1v) is 21.1. The van der Waals surface area contributed by atoms with Gasteiger partial charge in [0.15, 0.2) is 0 Å². The van der Waals surface area contributed by atoms with Crippen molar-refractivity contribution >= 4 is 17.1 Å². The van der Waals surface area contributed by atoms with Gasteiger partial charge in [-0.1, -0.05) is 159 Å². The summed E-state index contributed by atoms with van der Waals surface area (Å²) in [4.78, 5) is 2.57. The van der Waals surface area contributed by atoms with Gasteiger partial charge in [0, 0.05) is 22.4 Å². The summed E-state index contributed by atoms with van der Waals surface area (Å²) in [7, 11) is 0. The van der Waals surface area contributed by atoms with Gasteiger partial charge in [0.25, 0.3) is 0 Å². The van der Waals surface area contributed by atoms with E-state index in [4.69, 9.17) is 0 Å². The first kappa shape index (κ1) is 34.8. The number of anilines is 3. The zero-order valence-electron chi connectivity index (χ0n) is 33.6. The van der Waals surface area contributed by atoms with E-state index in [-0.39, 0.29) is 5.41 Å². The van der Waals surface area contributed by atoms with E-state index in [0.717, 1.165) is 18.5 Å². The average Bonchev–Trinajstić information content (AvgIpc) is 3.69. The molecule has 0 radical (unpaired) electrons. The summed E-state index contributed by atoms with van der Waals surface area (Å²) in [6.07, 6.45) is 4.72. The maximum absolute atomic E-state index is 2.59. The van der Waals surface area contributed by atoms with Crippen molar-refractivity contribution in [2.75, 3.05) is 4.90 Å². The Morgan fingerprint density at radius 2 is 1.02 bits per heavy atom. The van der Waals surface area contributed by atoms with Crippen LogP contribution in [0, 0.1) is 6.92 Å². The molecule has 0 atom stereocenters. The van der Waals surface area contributed by atoms with Crippen LogP contribution in [-0.2, 0) is 23.7 Å². The van der Waals surface area contributed by atoms with Crippen molar-refractivity contribution in [3.63, 3.8) is 0 Å². The van der Waals surface area contributed by atoms with Crippen molar-refractivity contribution in [2.24, 2.45) is 0 Å². The second-order valence-electron chi connectivity index (χ2n) is 17.1. The topological polar surface area (TPSA) is 3.24 Å².